The molecule has 0 aromatic heterocycles. The molecule has 3 fully saturated rings. The van der Waals surface area contributed by atoms with Crippen molar-refractivity contribution in [1.82, 2.24) is 15.1 Å². The summed E-state index contributed by atoms with van der Waals surface area (Å²) in [6.07, 6.45) is 3.50. The fourth-order valence-electron chi connectivity index (χ4n) is 4.50. The van der Waals surface area contributed by atoms with E-state index in [0.29, 0.717) is 31.3 Å². The molecular weight excluding hydrogens is 411 g/mol. The zero-order chi connectivity index (χ0) is 22.7. The first-order valence-electron chi connectivity index (χ1n) is 11.9. The second kappa shape index (κ2) is 10.2. The third-order valence-corrected chi connectivity index (χ3v) is 6.42. The summed E-state index contributed by atoms with van der Waals surface area (Å²) in [7, 11) is 0. The van der Waals surface area contributed by atoms with Gasteiger partial charge in [-0.2, -0.15) is 0 Å². The molecule has 1 saturated carbocycles. The van der Waals surface area contributed by atoms with Crippen molar-refractivity contribution >= 4 is 17.5 Å². The van der Waals surface area contributed by atoms with Gasteiger partial charge in [-0.3, -0.25) is 19.4 Å². The van der Waals surface area contributed by atoms with Crippen LogP contribution in [-0.4, -0.2) is 79.6 Å². The lowest BCUT2D eigenvalue weighted by Crippen LogP contribution is -2.47. The van der Waals surface area contributed by atoms with E-state index < -0.39 is 0 Å². The van der Waals surface area contributed by atoms with Crippen molar-refractivity contribution in [1.29, 1.82) is 0 Å². The molecule has 1 aromatic carbocycles. The number of imide groups is 1. The molecule has 0 spiro atoms. The van der Waals surface area contributed by atoms with Gasteiger partial charge in [0.2, 0.25) is 11.8 Å². The van der Waals surface area contributed by atoms with Crippen LogP contribution in [0.15, 0.2) is 18.2 Å². The lowest BCUT2D eigenvalue weighted by atomic mass is 10.1. The van der Waals surface area contributed by atoms with E-state index in [1.54, 1.807) is 12.1 Å². The number of rotatable bonds is 10. The van der Waals surface area contributed by atoms with Gasteiger partial charge in [0.05, 0.1) is 17.7 Å². The molecule has 2 saturated heterocycles. The van der Waals surface area contributed by atoms with Crippen LogP contribution in [0.4, 0.5) is 10.1 Å². The van der Waals surface area contributed by atoms with Gasteiger partial charge in [0.1, 0.15) is 11.6 Å². The second-order valence-corrected chi connectivity index (χ2v) is 9.43. The second-order valence-electron chi connectivity index (χ2n) is 9.43. The molecule has 2 amide bonds. The maximum atomic E-state index is 13.9. The summed E-state index contributed by atoms with van der Waals surface area (Å²) in [5.41, 5.74) is 0.803. The van der Waals surface area contributed by atoms with Gasteiger partial charge in [-0.25, -0.2) is 4.39 Å². The van der Waals surface area contributed by atoms with Crippen LogP contribution in [0.3, 0.4) is 0 Å². The summed E-state index contributed by atoms with van der Waals surface area (Å²) in [5.74, 6) is 0.207. The van der Waals surface area contributed by atoms with Gasteiger partial charge in [-0.05, 0) is 51.8 Å². The monoisotopic (exact) mass is 446 g/mol. The molecule has 1 aromatic rings. The van der Waals surface area contributed by atoms with Crippen molar-refractivity contribution < 1.29 is 18.7 Å². The average Bonchev–Trinajstić information content (AvgIpc) is 3.55. The molecular formula is C24H35FN4O3. The Morgan fingerprint density at radius 2 is 1.88 bits per heavy atom. The standard InChI is InChI=1S/C24H35FN4O3/c1-17(2)32-22-7-4-19(25)15-21(22)28-12-10-27(11-13-28)8-3-9-29-23(30)14-18(24(29)31)16-26-20-5-6-20/h4,7,15,17-18,20,26H,3,5-6,8-14,16H2,1-2H3. The van der Waals surface area contributed by atoms with Gasteiger partial charge < -0.3 is 15.0 Å². The Hall–Kier alpha value is -2.19. The van der Waals surface area contributed by atoms with E-state index in [1.165, 1.54) is 23.8 Å². The summed E-state index contributed by atoms with van der Waals surface area (Å²) in [6.45, 7) is 9.17. The normalized spacial score (nSPS) is 22.3. The molecule has 0 radical (unpaired) electrons. The number of halogens is 1. The van der Waals surface area contributed by atoms with Crippen molar-refractivity contribution in [2.75, 3.05) is 50.7 Å². The van der Waals surface area contributed by atoms with Gasteiger partial charge >= 0.3 is 0 Å². The van der Waals surface area contributed by atoms with Crippen LogP contribution in [-0.2, 0) is 9.59 Å². The summed E-state index contributed by atoms with van der Waals surface area (Å²) in [6, 6.07) is 5.23. The Morgan fingerprint density at radius 1 is 1.12 bits per heavy atom. The first kappa shape index (κ1) is 23.0. The van der Waals surface area contributed by atoms with Crippen molar-refractivity contribution in [2.45, 2.75) is 51.7 Å². The number of amides is 2. The topological polar surface area (TPSA) is 65.1 Å². The Kier molecular flexibility index (Phi) is 7.30. The third kappa shape index (κ3) is 5.78. The third-order valence-electron chi connectivity index (χ3n) is 6.42. The molecule has 1 atom stereocenters. The molecule has 176 valence electrons. The van der Waals surface area contributed by atoms with Crippen molar-refractivity contribution in [3.05, 3.63) is 24.0 Å². The number of hydrogen-bond donors (Lipinski definition) is 1. The van der Waals surface area contributed by atoms with Crippen LogP contribution in [0.25, 0.3) is 0 Å². The van der Waals surface area contributed by atoms with Gasteiger partial charge in [-0.15, -0.1) is 0 Å². The molecule has 1 aliphatic carbocycles. The zero-order valence-corrected chi connectivity index (χ0v) is 19.2. The molecule has 0 bridgehead atoms. The molecule has 32 heavy (non-hydrogen) atoms. The van der Waals surface area contributed by atoms with E-state index in [4.69, 9.17) is 4.74 Å². The predicted octanol–water partition coefficient (Wildman–Crippen LogP) is 2.25. The molecule has 7 nitrogen and oxygen atoms in total. The molecule has 3 aliphatic rings. The number of hydrogen-bond acceptors (Lipinski definition) is 6. The lowest BCUT2D eigenvalue weighted by molar-refractivity contribution is -0.139. The number of anilines is 1. The number of nitrogens with one attached hydrogen (secondary N) is 1. The van der Waals surface area contributed by atoms with Crippen LogP contribution in [0.1, 0.15) is 39.5 Å². The highest BCUT2D eigenvalue weighted by Gasteiger charge is 2.38. The first-order valence-corrected chi connectivity index (χ1v) is 11.9. The minimum atomic E-state index is -0.260. The molecule has 4 rings (SSSR count). The molecule has 8 heteroatoms. The van der Waals surface area contributed by atoms with E-state index in [1.807, 2.05) is 13.8 Å². The van der Waals surface area contributed by atoms with Gasteiger partial charge in [0.15, 0.2) is 0 Å². The zero-order valence-electron chi connectivity index (χ0n) is 19.2. The van der Waals surface area contributed by atoms with Gasteiger partial charge in [0.25, 0.3) is 0 Å². The predicted molar refractivity (Wildman–Crippen MR) is 121 cm³/mol. The molecule has 2 aliphatic heterocycles. The minimum Gasteiger partial charge on any atom is -0.489 e. The number of ether oxygens (including phenoxy) is 1. The lowest BCUT2D eigenvalue weighted by Gasteiger charge is -2.37. The van der Waals surface area contributed by atoms with Crippen LogP contribution in [0.2, 0.25) is 0 Å². The SMILES string of the molecule is CC(C)Oc1ccc(F)cc1N1CCN(CCCN2C(=O)CC(CNC3CC3)C2=O)CC1. The number of piperazine rings is 1. The van der Waals surface area contributed by atoms with E-state index in [2.05, 4.69) is 15.1 Å². The average molecular weight is 447 g/mol. The molecule has 2 heterocycles. The fourth-order valence-corrected chi connectivity index (χ4v) is 4.50. The number of nitrogens with zero attached hydrogens (tertiary/aromatic N) is 3. The fraction of sp³-hybridized carbons (Fsp3) is 0.667. The highest BCUT2D eigenvalue weighted by Crippen LogP contribution is 2.31. The maximum Gasteiger partial charge on any atom is 0.234 e. The van der Waals surface area contributed by atoms with E-state index in [9.17, 15) is 14.0 Å². The van der Waals surface area contributed by atoms with Crippen molar-refractivity contribution in [2.24, 2.45) is 5.92 Å². The van der Waals surface area contributed by atoms with Crippen molar-refractivity contribution in [3.63, 3.8) is 0 Å². The van der Waals surface area contributed by atoms with E-state index in [0.717, 1.165) is 44.8 Å². The largest absolute Gasteiger partial charge is 0.489 e. The van der Waals surface area contributed by atoms with E-state index >= 15 is 0 Å². The maximum absolute atomic E-state index is 13.9. The highest BCUT2D eigenvalue weighted by atomic mass is 19.1. The Bertz CT molecular complexity index is 821. The number of benzene rings is 1. The summed E-state index contributed by atoms with van der Waals surface area (Å²) in [4.78, 5) is 30.8. The van der Waals surface area contributed by atoms with Crippen LogP contribution in [0, 0.1) is 11.7 Å². The number of carbonyl (C=O) groups excluding carboxylic acids is 2. The van der Waals surface area contributed by atoms with Gasteiger partial charge in [0, 0.05) is 57.8 Å². The van der Waals surface area contributed by atoms with Crippen LogP contribution in [0.5, 0.6) is 5.75 Å². The summed E-state index contributed by atoms with van der Waals surface area (Å²) < 4.78 is 19.7. The smallest absolute Gasteiger partial charge is 0.234 e. The van der Waals surface area contributed by atoms with Crippen LogP contribution >= 0.6 is 0 Å². The summed E-state index contributed by atoms with van der Waals surface area (Å²) >= 11 is 0. The highest BCUT2D eigenvalue weighted by molar-refractivity contribution is 6.03. The Morgan fingerprint density at radius 3 is 2.56 bits per heavy atom. The van der Waals surface area contributed by atoms with Crippen LogP contribution < -0.4 is 15.0 Å². The minimum absolute atomic E-state index is 0.0169. The Balaban J connectivity index is 1.22. The van der Waals surface area contributed by atoms with Gasteiger partial charge in [-0.1, -0.05) is 0 Å². The number of carbonyl (C=O) groups is 2. The molecule has 1 N–H and O–H groups in total. The molecule has 1 unspecified atom stereocenters. The number of likely N-dealkylation sites (tertiary alicyclic amines) is 1. The summed E-state index contributed by atoms with van der Waals surface area (Å²) in [5, 5.41) is 3.37. The van der Waals surface area contributed by atoms with Crippen molar-refractivity contribution in [3.8, 4) is 5.75 Å². The van der Waals surface area contributed by atoms with E-state index in [-0.39, 0.29) is 29.7 Å². The first-order chi connectivity index (χ1) is 15.4. The Labute approximate surface area is 189 Å². The quantitative estimate of drug-likeness (QED) is 0.556.